The number of fused-ring (bicyclic) bond motifs is 1. The molecule has 0 aliphatic heterocycles. The van der Waals surface area contributed by atoms with Gasteiger partial charge in [0.25, 0.3) is 0 Å². The van der Waals surface area contributed by atoms with Crippen molar-refractivity contribution in [1.82, 2.24) is 15.0 Å². The minimum Gasteiger partial charge on any atom is -0.378 e. The molecule has 3 aromatic rings. The van der Waals surface area contributed by atoms with Crippen molar-refractivity contribution in [3.05, 3.63) is 52.7 Å². The van der Waals surface area contributed by atoms with Gasteiger partial charge in [0.1, 0.15) is 5.82 Å². The Kier molecular flexibility index (Phi) is 3.32. The highest BCUT2D eigenvalue weighted by Gasteiger charge is 2.09. The van der Waals surface area contributed by atoms with Gasteiger partial charge in [-0.05, 0) is 37.6 Å². The number of nitrogens with zero attached hydrogens (tertiary/aromatic N) is 2. The highest BCUT2D eigenvalue weighted by molar-refractivity contribution is 6.35. The quantitative estimate of drug-likeness (QED) is 0.769. The van der Waals surface area contributed by atoms with Gasteiger partial charge in [0.2, 0.25) is 0 Å². The molecule has 20 heavy (non-hydrogen) atoms. The molecule has 0 radical (unpaired) electrons. The SMILES string of the molecule is Cc1ncc(CNc2c(Cl)cc(C)c3ncccc23)[nH]1. The lowest BCUT2D eigenvalue weighted by molar-refractivity contribution is 1.05. The number of nitrogens with one attached hydrogen (secondary N) is 2. The van der Waals surface area contributed by atoms with Gasteiger partial charge in [0, 0.05) is 11.6 Å². The molecule has 2 N–H and O–H groups in total. The van der Waals surface area contributed by atoms with Crippen LogP contribution in [0.1, 0.15) is 17.1 Å². The second-order valence-electron chi connectivity index (χ2n) is 4.80. The van der Waals surface area contributed by atoms with Crippen LogP contribution >= 0.6 is 11.6 Å². The molecule has 0 spiro atoms. The monoisotopic (exact) mass is 286 g/mol. The van der Waals surface area contributed by atoms with Gasteiger partial charge in [-0.1, -0.05) is 11.6 Å². The molecule has 2 heterocycles. The van der Waals surface area contributed by atoms with Crippen LogP contribution in [-0.2, 0) is 6.54 Å². The van der Waals surface area contributed by atoms with Crippen molar-refractivity contribution in [2.45, 2.75) is 20.4 Å². The van der Waals surface area contributed by atoms with Crippen LogP contribution in [-0.4, -0.2) is 15.0 Å². The summed E-state index contributed by atoms with van der Waals surface area (Å²) < 4.78 is 0. The molecule has 0 aliphatic rings. The summed E-state index contributed by atoms with van der Waals surface area (Å²) in [5.74, 6) is 0.906. The van der Waals surface area contributed by atoms with Crippen LogP contribution in [0.25, 0.3) is 10.9 Å². The summed E-state index contributed by atoms with van der Waals surface area (Å²) in [7, 11) is 0. The van der Waals surface area contributed by atoms with E-state index in [1.54, 1.807) is 6.20 Å². The number of anilines is 1. The standard InChI is InChI=1S/C15H15ClN4/c1-9-6-13(16)15(12-4-3-5-17-14(9)12)19-8-11-7-18-10(2)20-11/h3-7,19H,8H2,1-2H3,(H,18,20). The average molecular weight is 287 g/mol. The fraction of sp³-hybridized carbons (Fsp3) is 0.200. The second kappa shape index (κ2) is 5.13. The highest BCUT2D eigenvalue weighted by atomic mass is 35.5. The van der Waals surface area contributed by atoms with Gasteiger partial charge in [0.15, 0.2) is 0 Å². The van der Waals surface area contributed by atoms with Gasteiger partial charge in [-0.25, -0.2) is 4.98 Å². The van der Waals surface area contributed by atoms with E-state index in [2.05, 4.69) is 20.3 Å². The van der Waals surface area contributed by atoms with Crippen molar-refractivity contribution in [2.24, 2.45) is 0 Å². The Balaban J connectivity index is 1.98. The van der Waals surface area contributed by atoms with Crippen LogP contribution in [0.2, 0.25) is 5.02 Å². The van der Waals surface area contributed by atoms with Crippen molar-refractivity contribution >= 4 is 28.2 Å². The van der Waals surface area contributed by atoms with E-state index in [4.69, 9.17) is 11.6 Å². The summed E-state index contributed by atoms with van der Waals surface area (Å²) in [6.45, 7) is 4.60. The number of H-pyrrole nitrogens is 1. The fourth-order valence-corrected chi connectivity index (χ4v) is 2.64. The summed E-state index contributed by atoms with van der Waals surface area (Å²) in [5, 5.41) is 5.11. The number of aromatic amines is 1. The first kappa shape index (κ1) is 12.9. The Hall–Kier alpha value is -2.07. The molecule has 0 amide bonds. The largest absolute Gasteiger partial charge is 0.378 e. The van der Waals surface area contributed by atoms with Gasteiger partial charge < -0.3 is 10.3 Å². The lowest BCUT2D eigenvalue weighted by Gasteiger charge is -2.12. The molecule has 0 saturated carbocycles. The van der Waals surface area contributed by atoms with Crippen LogP contribution in [0.5, 0.6) is 0 Å². The van der Waals surface area contributed by atoms with E-state index in [-0.39, 0.29) is 0 Å². The van der Waals surface area contributed by atoms with Crippen molar-refractivity contribution in [3.8, 4) is 0 Å². The van der Waals surface area contributed by atoms with Crippen LogP contribution in [0.15, 0.2) is 30.6 Å². The molecular formula is C15H15ClN4. The summed E-state index contributed by atoms with van der Waals surface area (Å²) in [6, 6.07) is 5.89. The Labute approximate surface area is 122 Å². The number of benzene rings is 1. The molecule has 2 aromatic heterocycles. The number of pyridine rings is 1. The van der Waals surface area contributed by atoms with E-state index in [1.807, 2.05) is 38.2 Å². The molecule has 1 aromatic carbocycles. The van der Waals surface area contributed by atoms with Crippen molar-refractivity contribution < 1.29 is 0 Å². The third-order valence-electron chi connectivity index (χ3n) is 3.24. The summed E-state index contributed by atoms with van der Waals surface area (Å²) >= 11 is 6.36. The van der Waals surface area contributed by atoms with E-state index in [0.29, 0.717) is 11.6 Å². The highest BCUT2D eigenvalue weighted by Crippen LogP contribution is 2.32. The van der Waals surface area contributed by atoms with Gasteiger partial charge in [-0.2, -0.15) is 0 Å². The van der Waals surface area contributed by atoms with Gasteiger partial charge in [-0.3, -0.25) is 4.98 Å². The van der Waals surface area contributed by atoms with E-state index in [0.717, 1.165) is 33.7 Å². The minimum atomic E-state index is 0.646. The topological polar surface area (TPSA) is 53.6 Å². The zero-order chi connectivity index (χ0) is 14.1. The Morgan fingerprint density at radius 1 is 1.30 bits per heavy atom. The van der Waals surface area contributed by atoms with Crippen LogP contribution in [0.4, 0.5) is 5.69 Å². The average Bonchev–Trinajstić information content (AvgIpc) is 2.84. The number of aromatic nitrogens is 3. The predicted octanol–water partition coefficient (Wildman–Crippen LogP) is 3.84. The fourth-order valence-electron chi connectivity index (χ4n) is 2.31. The smallest absolute Gasteiger partial charge is 0.103 e. The first-order valence-corrected chi connectivity index (χ1v) is 6.81. The van der Waals surface area contributed by atoms with Gasteiger partial charge >= 0.3 is 0 Å². The Bertz CT molecular complexity index is 764. The lowest BCUT2D eigenvalue weighted by Crippen LogP contribution is -2.02. The molecule has 0 atom stereocenters. The number of hydrogen-bond acceptors (Lipinski definition) is 3. The molecule has 5 heteroatoms. The van der Waals surface area contributed by atoms with Crippen molar-refractivity contribution in [3.63, 3.8) is 0 Å². The maximum absolute atomic E-state index is 6.36. The molecule has 102 valence electrons. The van der Waals surface area contributed by atoms with E-state index in [9.17, 15) is 0 Å². The maximum Gasteiger partial charge on any atom is 0.103 e. The first-order valence-electron chi connectivity index (χ1n) is 6.43. The Morgan fingerprint density at radius 2 is 2.15 bits per heavy atom. The molecular weight excluding hydrogens is 272 g/mol. The van der Waals surface area contributed by atoms with Gasteiger partial charge in [-0.15, -0.1) is 0 Å². The number of hydrogen-bond donors (Lipinski definition) is 2. The normalized spacial score (nSPS) is 10.9. The number of rotatable bonds is 3. The van der Waals surface area contributed by atoms with Crippen molar-refractivity contribution in [2.75, 3.05) is 5.32 Å². The predicted molar refractivity (Wildman–Crippen MR) is 82.1 cm³/mol. The number of aryl methyl sites for hydroxylation is 2. The summed E-state index contributed by atoms with van der Waals surface area (Å²) in [5.41, 5.74) is 3.98. The molecule has 0 unspecified atom stereocenters. The van der Waals surface area contributed by atoms with E-state index >= 15 is 0 Å². The maximum atomic E-state index is 6.36. The Morgan fingerprint density at radius 3 is 2.90 bits per heavy atom. The zero-order valence-corrected chi connectivity index (χ0v) is 12.1. The lowest BCUT2D eigenvalue weighted by atomic mass is 10.1. The summed E-state index contributed by atoms with van der Waals surface area (Å²) in [6.07, 6.45) is 3.62. The first-order chi connectivity index (χ1) is 9.65. The number of halogens is 1. The van der Waals surface area contributed by atoms with E-state index in [1.165, 1.54) is 0 Å². The van der Waals surface area contributed by atoms with E-state index < -0.39 is 0 Å². The van der Waals surface area contributed by atoms with Crippen LogP contribution < -0.4 is 5.32 Å². The van der Waals surface area contributed by atoms with Crippen molar-refractivity contribution in [1.29, 1.82) is 0 Å². The molecule has 0 fully saturated rings. The molecule has 4 nitrogen and oxygen atoms in total. The van der Waals surface area contributed by atoms with Crippen LogP contribution in [0, 0.1) is 13.8 Å². The minimum absolute atomic E-state index is 0.646. The second-order valence-corrected chi connectivity index (χ2v) is 5.20. The molecule has 0 bridgehead atoms. The van der Waals surface area contributed by atoms with Crippen LogP contribution in [0.3, 0.4) is 0 Å². The molecule has 0 aliphatic carbocycles. The zero-order valence-electron chi connectivity index (χ0n) is 11.4. The third-order valence-corrected chi connectivity index (χ3v) is 3.54. The van der Waals surface area contributed by atoms with Gasteiger partial charge in [0.05, 0.1) is 34.7 Å². The summed E-state index contributed by atoms with van der Waals surface area (Å²) in [4.78, 5) is 11.8. The molecule has 0 saturated heterocycles. The number of imidazole rings is 1. The third kappa shape index (κ3) is 2.34. The molecule has 3 rings (SSSR count).